The van der Waals surface area contributed by atoms with Crippen LogP contribution >= 0.6 is 0 Å². The van der Waals surface area contributed by atoms with Gasteiger partial charge in [-0.2, -0.15) is 0 Å². The summed E-state index contributed by atoms with van der Waals surface area (Å²) in [5.41, 5.74) is 1.70. The van der Waals surface area contributed by atoms with Crippen LogP contribution < -0.4 is 21.4 Å². The van der Waals surface area contributed by atoms with Gasteiger partial charge in [-0.3, -0.25) is 15.0 Å². The molecule has 0 heterocycles. The van der Waals surface area contributed by atoms with Gasteiger partial charge in [0.15, 0.2) is 5.03 Å². The summed E-state index contributed by atoms with van der Waals surface area (Å²) in [5, 5.41) is 25.0. The first kappa shape index (κ1) is 25.6. The molecule has 0 aromatic heterocycles. The van der Waals surface area contributed by atoms with Crippen LogP contribution in [0, 0.1) is 21.4 Å². The fourth-order valence-electron chi connectivity index (χ4n) is 2.51. The molecule has 0 rings (SSSR count). The van der Waals surface area contributed by atoms with Gasteiger partial charge >= 0.3 is 0 Å². The highest BCUT2D eigenvalue weighted by Gasteiger charge is 2.20. The van der Waals surface area contributed by atoms with Crippen LogP contribution in [0.2, 0.25) is 0 Å². The Morgan fingerprint density at radius 3 is 2.36 bits per heavy atom. The van der Waals surface area contributed by atoms with E-state index in [2.05, 4.69) is 36.7 Å². The maximum atomic E-state index is 12.4. The molecule has 0 spiro atoms. The summed E-state index contributed by atoms with van der Waals surface area (Å²) in [6.07, 6.45) is 6.07. The van der Waals surface area contributed by atoms with E-state index in [0.29, 0.717) is 31.7 Å². The molecule has 0 saturated carbocycles. The van der Waals surface area contributed by atoms with Crippen LogP contribution in [0.4, 0.5) is 0 Å². The highest BCUT2D eigenvalue weighted by atomic mass is 16.7. The molecule has 0 aliphatic rings. The van der Waals surface area contributed by atoms with E-state index in [-0.39, 0.29) is 18.4 Å². The lowest BCUT2D eigenvalue weighted by molar-refractivity contribution is -0.525. The number of hydrazine groups is 1. The summed E-state index contributed by atoms with van der Waals surface area (Å²) in [5.74, 6) is -0.309. The monoisotopic (exact) mass is 400 g/mol. The van der Waals surface area contributed by atoms with Crippen molar-refractivity contribution in [2.24, 2.45) is 5.92 Å². The average molecular weight is 401 g/mol. The smallest absolute Gasteiger partial charge is 0.251 e. The van der Waals surface area contributed by atoms with Gasteiger partial charge in [-0.05, 0) is 31.6 Å². The fraction of sp³-hybridized carbons (Fsp3) is 0.833. The van der Waals surface area contributed by atoms with Crippen molar-refractivity contribution in [3.05, 3.63) is 10.1 Å². The molecule has 0 aliphatic heterocycles. The molecular formula is C18H36N6O4. The highest BCUT2D eigenvalue weighted by molar-refractivity contribution is 5.87. The average Bonchev–Trinajstić information content (AvgIpc) is 2.60. The van der Waals surface area contributed by atoms with Crippen molar-refractivity contribution in [2.75, 3.05) is 13.1 Å². The summed E-state index contributed by atoms with van der Waals surface area (Å²) >= 11 is 0. The standard InChI is InChI=1S/C18H36N6O4/c1-4-5-6-7-10-16(25)22-15(17(26)20-13-11-14(2)3)9-8-12-21-18(19)23-24(27)28/h14-15H,4-13H2,1-3H3,(H,20,26)(H,22,25)(H3,19,21,23)/t15-/m0/s1. The molecule has 0 bridgehead atoms. The van der Waals surface area contributed by atoms with Gasteiger partial charge in [-0.15, -0.1) is 0 Å². The number of nitro groups is 1. The van der Waals surface area contributed by atoms with Gasteiger partial charge in [0.05, 0.1) is 0 Å². The second-order valence-electron chi connectivity index (χ2n) is 7.22. The van der Waals surface area contributed by atoms with Crippen LogP contribution in [0.25, 0.3) is 0 Å². The maximum absolute atomic E-state index is 12.4. The van der Waals surface area contributed by atoms with E-state index in [1.807, 2.05) is 0 Å². The zero-order chi connectivity index (χ0) is 21.4. The molecule has 10 nitrogen and oxygen atoms in total. The molecule has 1 atom stereocenters. The van der Waals surface area contributed by atoms with Crippen LogP contribution in [0.1, 0.15) is 72.1 Å². The fourth-order valence-corrected chi connectivity index (χ4v) is 2.51. The number of unbranched alkanes of at least 4 members (excludes halogenated alkanes) is 3. The first-order valence-electron chi connectivity index (χ1n) is 10.1. The van der Waals surface area contributed by atoms with Gasteiger partial charge in [-0.1, -0.05) is 45.5 Å². The molecule has 5 N–H and O–H groups in total. The van der Waals surface area contributed by atoms with E-state index in [0.717, 1.165) is 32.1 Å². The Balaban J connectivity index is 4.45. The summed E-state index contributed by atoms with van der Waals surface area (Å²) < 4.78 is 0. The van der Waals surface area contributed by atoms with Crippen molar-refractivity contribution >= 4 is 17.8 Å². The van der Waals surface area contributed by atoms with E-state index in [1.54, 1.807) is 5.43 Å². The van der Waals surface area contributed by atoms with Crippen LogP contribution in [-0.4, -0.2) is 41.9 Å². The molecule has 0 fully saturated rings. The number of nitrogens with zero attached hydrogens (tertiary/aromatic N) is 1. The third kappa shape index (κ3) is 14.7. The second-order valence-corrected chi connectivity index (χ2v) is 7.22. The summed E-state index contributed by atoms with van der Waals surface area (Å²) in [4.78, 5) is 34.8. The van der Waals surface area contributed by atoms with Gasteiger partial charge < -0.3 is 16.0 Å². The van der Waals surface area contributed by atoms with Gasteiger partial charge in [0.1, 0.15) is 6.04 Å². The van der Waals surface area contributed by atoms with Crippen molar-refractivity contribution in [3.63, 3.8) is 0 Å². The SMILES string of the molecule is CCCCCCC(=O)N[C@@H](CCCNC(=N)N[N+](=O)[O-])C(=O)NCCC(C)C. The normalized spacial score (nSPS) is 11.6. The summed E-state index contributed by atoms with van der Waals surface area (Å²) in [7, 11) is 0. The van der Waals surface area contributed by atoms with E-state index >= 15 is 0 Å². The predicted octanol–water partition coefficient (Wildman–Crippen LogP) is 1.69. The van der Waals surface area contributed by atoms with Crippen LogP contribution in [0.5, 0.6) is 0 Å². The molecule has 0 aromatic carbocycles. The number of nitrogens with one attached hydrogen (secondary N) is 5. The van der Waals surface area contributed by atoms with E-state index < -0.39 is 17.0 Å². The third-order valence-corrected chi connectivity index (χ3v) is 4.10. The molecule has 0 aromatic rings. The first-order chi connectivity index (χ1) is 13.3. The lowest BCUT2D eigenvalue weighted by Crippen LogP contribution is -2.47. The minimum Gasteiger partial charge on any atom is -0.354 e. The zero-order valence-electron chi connectivity index (χ0n) is 17.3. The molecule has 162 valence electrons. The largest absolute Gasteiger partial charge is 0.354 e. The van der Waals surface area contributed by atoms with Gasteiger partial charge in [0.2, 0.25) is 11.8 Å². The zero-order valence-corrected chi connectivity index (χ0v) is 17.3. The van der Waals surface area contributed by atoms with E-state index in [9.17, 15) is 19.7 Å². The van der Waals surface area contributed by atoms with Crippen molar-refractivity contribution < 1.29 is 14.6 Å². The number of carbonyl (C=O) groups is 2. The number of carbonyl (C=O) groups excluding carboxylic acids is 2. The van der Waals surface area contributed by atoms with Crippen LogP contribution in [0.15, 0.2) is 0 Å². The van der Waals surface area contributed by atoms with E-state index in [1.165, 1.54) is 0 Å². The Labute approximate surface area is 167 Å². The Bertz CT molecular complexity index is 498. The lowest BCUT2D eigenvalue weighted by Gasteiger charge is -2.19. The summed E-state index contributed by atoms with van der Waals surface area (Å²) in [6.45, 7) is 7.08. The van der Waals surface area contributed by atoms with Crippen molar-refractivity contribution in [1.82, 2.24) is 21.4 Å². The number of rotatable bonds is 15. The topological polar surface area (TPSA) is 149 Å². The van der Waals surface area contributed by atoms with Crippen molar-refractivity contribution in [1.29, 1.82) is 5.41 Å². The molecule has 0 radical (unpaired) electrons. The molecule has 0 saturated heterocycles. The molecule has 2 amide bonds. The minimum absolute atomic E-state index is 0.143. The Hall–Kier alpha value is -2.39. The number of hydrogen-bond donors (Lipinski definition) is 5. The highest BCUT2D eigenvalue weighted by Crippen LogP contribution is 2.04. The van der Waals surface area contributed by atoms with Crippen LogP contribution in [-0.2, 0) is 9.59 Å². The molecule has 10 heteroatoms. The molecular weight excluding hydrogens is 364 g/mol. The Morgan fingerprint density at radius 1 is 1.04 bits per heavy atom. The quantitative estimate of drug-likeness (QED) is 0.0928. The molecule has 28 heavy (non-hydrogen) atoms. The first-order valence-corrected chi connectivity index (χ1v) is 10.1. The van der Waals surface area contributed by atoms with Gasteiger partial charge in [0, 0.05) is 19.5 Å². The second kappa shape index (κ2) is 15.6. The third-order valence-electron chi connectivity index (χ3n) is 4.10. The molecule has 0 aliphatic carbocycles. The minimum atomic E-state index is -0.820. The Morgan fingerprint density at radius 2 is 1.75 bits per heavy atom. The van der Waals surface area contributed by atoms with Crippen LogP contribution in [0.3, 0.4) is 0 Å². The van der Waals surface area contributed by atoms with Crippen molar-refractivity contribution in [3.8, 4) is 0 Å². The number of guanidine groups is 1. The van der Waals surface area contributed by atoms with Gasteiger partial charge in [-0.25, -0.2) is 10.1 Å². The molecule has 0 unspecified atom stereocenters. The number of hydrogen-bond acceptors (Lipinski definition) is 5. The Kier molecular flexibility index (Phi) is 14.3. The van der Waals surface area contributed by atoms with Gasteiger partial charge in [0.25, 0.3) is 5.96 Å². The number of amides is 2. The lowest BCUT2D eigenvalue weighted by atomic mass is 10.1. The van der Waals surface area contributed by atoms with E-state index in [4.69, 9.17) is 5.41 Å². The summed E-state index contributed by atoms with van der Waals surface area (Å²) in [6, 6.07) is -0.648. The maximum Gasteiger partial charge on any atom is 0.251 e. The predicted molar refractivity (Wildman–Crippen MR) is 108 cm³/mol. The van der Waals surface area contributed by atoms with Crippen molar-refractivity contribution in [2.45, 2.75) is 78.2 Å².